The molecular weight excluding hydrogens is 381 g/mol. The lowest BCUT2D eigenvalue weighted by molar-refractivity contribution is -0.123. The summed E-state index contributed by atoms with van der Waals surface area (Å²) in [6.07, 6.45) is 0. The second-order valence-electron chi connectivity index (χ2n) is 6.79. The Bertz CT molecular complexity index is 803. The van der Waals surface area contributed by atoms with E-state index in [1.165, 1.54) is 6.07 Å². The van der Waals surface area contributed by atoms with Crippen molar-refractivity contribution >= 4 is 18.3 Å². The molecule has 7 heteroatoms. The van der Waals surface area contributed by atoms with Crippen molar-refractivity contribution in [3.63, 3.8) is 0 Å². The first-order chi connectivity index (χ1) is 13.1. The second kappa shape index (κ2) is 10.4. The maximum Gasteiger partial charge on any atom is 0.234 e. The number of nitrogens with one attached hydrogen (secondary N) is 2. The van der Waals surface area contributed by atoms with Crippen LogP contribution in [-0.2, 0) is 11.3 Å². The molecule has 3 rings (SSSR count). The number of methoxy groups -OCH3 is 1. The van der Waals surface area contributed by atoms with Gasteiger partial charge in [-0.2, -0.15) is 0 Å². The van der Waals surface area contributed by atoms with E-state index in [1.54, 1.807) is 20.1 Å². The standard InChI is InChI=1S/C21H26FN3O2.ClH/c1-15-7-8-16(11-18(15)22)12-24-21(26)14-25-10-9-23-13-19(25)17-5-3-4-6-20(17)27-2;/h3-8,11,19,23H,9-10,12-14H2,1-2H3,(H,24,26);1H. The van der Waals surface area contributed by atoms with Crippen LogP contribution in [0.2, 0.25) is 0 Å². The van der Waals surface area contributed by atoms with Gasteiger partial charge >= 0.3 is 0 Å². The lowest BCUT2D eigenvalue weighted by Gasteiger charge is -2.36. The van der Waals surface area contributed by atoms with Crippen molar-refractivity contribution in [1.29, 1.82) is 0 Å². The van der Waals surface area contributed by atoms with Crippen LogP contribution in [0.5, 0.6) is 5.75 Å². The molecule has 2 N–H and O–H groups in total. The Kier molecular flexibility index (Phi) is 8.23. The Morgan fingerprint density at radius 1 is 1.32 bits per heavy atom. The van der Waals surface area contributed by atoms with Gasteiger partial charge in [-0.15, -0.1) is 12.4 Å². The second-order valence-corrected chi connectivity index (χ2v) is 6.79. The number of aryl methyl sites for hydroxylation is 1. The van der Waals surface area contributed by atoms with Gasteiger partial charge in [0.2, 0.25) is 5.91 Å². The van der Waals surface area contributed by atoms with Crippen LogP contribution in [0.3, 0.4) is 0 Å². The van der Waals surface area contributed by atoms with E-state index in [0.717, 1.165) is 36.5 Å². The van der Waals surface area contributed by atoms with Gasteiger partial charge in [-0.1, -0.05) is 30.3 Å². The van der Waals surface area contributed by atoms with E-state index >= 15 is 0 Å². The summed E-state index contributed by atoms with van der Waals surface area (Å²) in [4.78, 5) is 14.6. The molecule has 0 aromatic heterocycles. The molecule has 5 nitrogen and oxygen atoms in total. The number of nitrogens with zero attached hydrogens (tertiary/aromatic N) is 1. The lowest BCUT2D eigenvalue weighted by Crippen LogP contribution is -2.49. The number of para-hydroxylation sites is 1. The molecule has 1 fully saturated rings. The molecule has 1 heterocycles. The van der Waals surface area contributed by atoms with E-state index in [4.69, 9.17) is 4.74 Å². The number of hydrogen-bond acceptors (Lipinski definition) is 4. The highest BCUT2D eigenvalue weighted by Crippen LogP contribution is 2.29. The van der Waals surface area contributed by atoms with Crippen LogP contribution in [-0.4, -0.2) is 44.1 Å². The molecule has 0 saturated carbocycles. The van der Waals surface area contributed by atoms with Crippen LogP contribution in [0.25, 0.3) is 0 Å². The van der Waals surface area contributed by atoms with Crippen LogP contribution in [0.1, 0.15) is 22.7 Å². The number of piperazine rings is 1. The van der Waals surface area contributed by atoms with Crippen molar-refractivity contribution in [2.24, 2.45) is 0 Å². The summed E-state index contributed by atoms with van der Waals surface area (Å²) in [6.45, 7) is 4.70. The molecule has 1 aliphatic rings. The van der Waals surface area contributed by atoms with E-state index in [0.29, 0.717) is 18.7 Å². The fourth-order valence-corrected chi connectivity index (χ4v) is 3.37. The Morgan fingerprint density at radius 2 is 2.11 bits per heavy atom. The first-order valence-electron chi connectivity index (χ1n) is 9.18. The number of carbonyl (C=O) groups is 1. The zero-order chi connectivity index (χ0) is 19.2. The predicted octanol–water partition coefficient (Wildman–Crippen LogP) is 2.83. The summed E-state index contributed by atoms with van der Waals surface area (Å²) < 4.78 is 19.1. The molecule has 2 aromatic carbocycles. The zero-order valence-corrected chi connectivity index (χ0v) is 17.0. The van der Waals surface area contributed by atoms with Gasteiger partial charge in [0.1, 0.15) is 11.6 Å². The SMILES string of the molecule is COc1ccccc1C1CNCCN1CC(=O)NCc1ccc(C)c(F)c1.Cl. The summed E-state index contributed by atoms with van der Waals surface area (Å²) in [7, 11) is 1.66. The zero-order valence-electron chi connectivity index (χ0n) is 16.2. The smallest absolute Gasteiger partial charge is 0.234 e. The minimum atomic E-state index is -0.250. The van der Waals surface area contributed by atoms with Crippen LogP contribution in [0, 0.1) is 12.7 Å². The number of rotatable bonds is 6. The molecule has 1 amide bonds. The quantitative estimate of drug-likeness (QED) is 0.773. The summed E-state index contributed by atoms with van der Waals surface area (Å²) >= 11 is 0. The molecule has 1 atom stereocenters. The Hall–Kier alpha value is -2.15. The Morgan fingerprint density at radius 3 is 2.86 bits per heavy atom. The average molecular weight is 408 g/mol. The van der Waals surface area contributed by atoms with E-state index in [1.807, 2.05) is 30.3 Å². The molecule has 1 aliphatic heterocycles. The molecule has 0 spiro atoms. The number of carbonyl (C=O) groups excluding carboxylic acids is 1. The molecule has 1 saturated heterocycles. The third kappa shape index (κ3) is 5.44. The fraction of sp³-hybridized carbons (Fsp3) is 0.381. The number of amides is 1. The first-order valence-corrected chi connectivity index (χ1v) is 9.18. The van der Waals surface area contributed by atoms with E-state index in [2.05, 4.69) is 15.5 Å². The summed E-state index contributed by atoms with van der Waals surface area (Å²) in [5.41, 5.74) is 2.43. The molecular formula is C21H27ClFN3O2. The molecule has 0 aliphatic carbocycles. The minimum Gasteiger partial charge on any atom is -0.496 e. The normalized spacial score (nSPS) is 16.9. The fourth-order valence-electron chi connectivity index (χ4n) is 3.37. The molecule has 28 heavy (non-hydrogen) atoms. The van der Waals surface area contributed by atoms with Crippen molar-refractivity contribution in [1.82, 2.24) is 15.5 Å². The summed E-state index contributed by atoms with van der Waals surface area (Å²) in [5, 5.41) is 6.28. The van der Waals surface area contributed by atoms with Gasteiger partial charge < -0.3 is 15.4 Å². The Balaban J connectivity index is 0.00000280. The third-order valence-electron chi connectivity index (χ3n) is 4.92. The van der Waals surface area contributed by atoms with E-state index < -0.39 is 0 Å². The minimum absolute atomic E-state index is 0. The molecule has 152 valence electrons. The maximum absolute atomic E-state index is 13.6. The van der Waals surface area contributed by atoms with Gasteiger partial charge in [0.05, 0.1) is 19.7 Å². The number of benzene rings is 2. The number of halogens is 2. The predicted molar refractivity (Wildman–Crippen MR) is 110 cm³/mol. The van der Waals surface area contributed by atoms with Gasteiger partial charge in [-0.05, 0) is 30.2 Å². The van der Waals surface area contributed by atoms with Crippen LogP contribution in [0.15, 0.2) is 42.5 Å². The monoisotopic (exact) mass is 407 g/mol. The van der Waals surface area contributed by atoms with Crippen molar-refractivity contribution in [2.75, 3.05) is 33.3 Å². The van der Waals surface area contributed by atoms with Gasteiger partial charge in [0.15, 0.2) is 0 Å². The maximum atomic E-state index is 13.6. The van der Waals surface area contributed by atoms with Gasteiger partial charge in [-0.3, -0.25) is 9.69 Å². The average Bonchev–Trinajstić information content (AvgIpc) is 2.69. The molecule has 0 bridgehead atoms. The highest BCUT2D eigenvalue weighted by Gasteiger charge is 2.27. The van der Waals surface area contributed by atoms with Crippen LogP contribution < -0.4 is 15.4 Å². The lowest BCUT2D eigenvalue weighted by atomic mass is 10.0. The van der Waals surface area contributed by atoms with Crippen LogP contribution >= 0.6 is 12.4 Å². The van der Waals surface area contributed by atoms with E-state index in [9.17, 15) is 9.18 Å². The molecule has 2 aromatic rings. The topological polar surface area (TPSA) is 53.6 Å². The van der Waals surface area contributed by atoms with Crippen molar-refractivity contribution < 1.29 is 13.9 Å². The largest absolute Gasteiger partial charge is 0.496 e. The van der Waals surface area contributed by atoms with Crippen molar-refractivity contribution in [2.45, 2.75) is 19.5 Å². The summed E-state index contributed by atoms with van der Waals surface area (Å²) in [6, 6.07) is 13.0. The third-order valence-corrected chi connectivity index (χ3v) is 4.92. The van der Waals surface area contributed by atoms with Gasteiger partial charge in [-0.25, -0.2) is 4.39 Å². The number of hydrogen-bond donors (Lipinski definition) is 2. The van der Waals surface area contributed by atoms with Gasteiger partial charge in [0, 0.05) is 31.7 Å². The molecule has 0 radical (unpaired) electrons. The summed E-state index contributed by atoms with van der Waals surface area (Å²) in [5.74, 6) is 0.504. The first kappa shape index (κ1) is 22.1. The number of ether oxygens (including phenoxy) is 1. The highest BCUT2D eigenvalue weighted by molar-refractivity contribution is 5.85. The van der Waals surface area contributed by atoms with Crippen molar-refractivity contribution in [3.05, 3.63) is 65.0 Å². The molecule has 1 unspecified atom stereocenters. The highest BCUT2D eigenvalue weighted by atomic mass is 35.5. The van der Waals surface area contributed by atoms with Crippen molar-refractivity contribution in [3.8, 4) is 5.75 Å². The Labute approximate surface area is 171 Å². The van der Waals surface area contributed by atoms with Crippen LogP contribution in [0.4, 0.5) is 4.39 Å². The van der Waals surface area contributed by atoms with E-state index in [-0.39, 0.29) is 30.2 Å². The van der Waals surface area contributed by atoms with Gasteiger partial charge in [0.25, 0.3) is 0 Å².